The molecule has 1 fully saturated rings. The summed E-state index contributed by atoms with van der Waals surface area (Å²) in [5, 5.41) is 2.89. The van der Waals surface area contributed by atoms with E-state index in [0.717, 1.165) is 25.2 Å². The molecule has 1 atom stereocenters. The number of nitrogens with one attached hydrogen (secondary N) is 1. The molecular weight excluding hydrogens is 264 g/mol. The number of anilines is 2. The minimum atomic E-state index is -0.0144. The molecule has 0 radical (unpaired) electrons. The van der Waals surface area contributed by atoms with Gasteiger partial charge in [-0.25, -0.2) is 0 Å². The molecule has 1 heterocycles. The lowest BCUT2D eigenvalue weighted by atomic mass is 10.1. The van der Waals surface area contributed by atoms with Crippen LogP contribution in [-0.4, -0.2) is 56.0 Å². The van der Waals surface area contributed by atoms with Gasteiger partial charge in [0.05, 0.1) is 17.9 Å². The van der Waals surface area contributed by atoms with Crippen LogP contribution >= 0.6 is 0 Å². The average Bonchev–Trinajstić information content (AvgIpc) is 2.78. The molecule has 1 aromatic rings. The zero-order chi connectivity index (χ0) is 15.4. The molecule has 1 saturated heterocycles. The summed E-state index contributed by atoms with van der Waals surface area (Å²) in [4.78, 5) is 16.5. The van der Waals surface area contributed by atoms with E-state index in [4.69, 9.17) is 5.73 Å². The molecule has 1 unspecified atom stereocenters. The van der Waals surface area contributed by atoms with Gasteiger partial charge in [0.15, 0.2) is 0 Å². The summed E-state index contributed by atoms with van der Waals surface area (Å²) in [6, 6.07) is 5.67. The fraction of sp³-hybridized carbons (Fsp3) is 0.562. The second-order valence-corrected chi connectivity index (χ2v) is 6.25. The number of aryl methyl sites for hydroxylation is 1. The van der Waals surface area contributed by atoms with Gasteiger partial charge in [0.1, 0.15) is 0 Å². The van der Waals surface area contributed by atoms with Gasteiger partial charge in [-0.2, -0.15) is 0 Å². The van der Waals surface area contributed by atoms with Gasteiger partial charge in [0.25, 0.3) is 0 Å². The Balaban J connectivity index is 1.81. The number of hydrogen-bond donors (Lipinski definition) is 2. The highest BCUT2D eigenvalue weighted by molar-refractivity contribution is 5.95. The Morgan fingerprint density at radius 2 is 2.29 bits per heavy atom. The molecule has 1 amide bonds. The van der Waals surface area contributed by atoms with Crippen LogP contribution in [0.25, 0.3) is 0 Å². The van der Waals surface area contributed by atoms with Crippen molar-refractivity contribution < 1.29 is 4.79 Å². The van der Waals surface area contributed by atoms with Crippen LogP contribution in [0.5, 0.6) is 0 Å². The minimum absolute atomic E-state index is 0.0144. The van der Waals surface area contributed by atoms with E-state index in [-0.39, 0.29) is 5.91 Å². The molecule has 0 saturated carbocycles. The molecule has 5 heteroatoms. The summed E-state index contributed by atoms with van der Waals surface area (Å²) in [6.45, 7) is 5.62. The van der Waals surface area contributed by atoms with Crippen LogP contribution in [0.4, 0.5) is 11.4 Å². The van der Waals surface area contributed by atoms with E-state index in [9.17, 15) is 4.79 Å². The number of carbonyl (C=O) groups is 1. The van der Waals surface area contributed by atoms with Crippen molar-refractivity contribution in [1.29, 1.82) is 0 Å². The maximum absolute atomic E-state index is 12.1. The highest BCUT2D eigenvalue weighted by Gasteiger charge is 2.21. The van der Waals surface area contributed by atoms with Gasteiger partial charge in [-0.05, 0) is 57.6 Å². The van der Waals surface area contributed by atoms with Crippen LogP contribution in [-0.2, 0) is 4.79 Å². The smallest absolute Gasteiger partial charge is 0.238 e. The number of benzene rings is 1. The quantitative estimate of drug-likeness (QED) is 0.805. The molecule has 0 bridgehead atoms. The van der Waals surface area contributed by atoms with E-state index in [1.807, 2.05) is 32.2 Å². The van der Waals surface area contributed by atoms with Crippen molar-refractivity contribution in [2.24, 2.45) is 5.92 Å². The lowest BCUT2D eigenvalue weighted by molar-refractivity contribution is -0.117. The Labute approximate surface area is 127 Å². The topological polar surface area (TPSA) is 61.6 Å². The highest BCUT2D eigenvalue weighted by Crippen LogP contribution is 2.19. The fourth-order valence-corrected chi connectivity index (χ4v) is 2.91. The summed E-state index contributed by atoms with van der Waals surface area (Å²) in [5.74, 6) is 0.650. The Morgan fingerprint density at radius 1 is 1.52 bits per heavy atom. The molecule has 1 aromatic carbocycles. The summed E-state index contributed by atoms with van der Waals surface area (Å²) in [6.07, 6.45) is 1.22. The normalized spacial score (nSPS) is 19.1. The van der Waals surface area contributed by atoms with Gasteiger partial charge < -0.3 is 16.0 Å². The van der Waals surface area contributed by atoms with Crippen molar-refractivity contribution in [1.82, 2.24) is 9.80 Å². The SMILES string of the molecule is Cc1ccc(NC(=O)CN(C)CC2CCN(C)C2)c(N)c1. The van der Waals surface area contributed by atoms with Crippen molar-refractivity contribution in [3.8, 4) is 0 Å². The number of likely N-dealkylation sites (N-methyl/N-ethyl adjacent to an activating group) is 1. The lowest BCUT2D eigenvalue weighted by Gasteiger charge is -2.20. The fourth-order valence-electron chi connectivity index (χ4n) is 2.91. The van der Waals surface area contributed by atoms with Crippen molar-refractivity contribution in [3.05, 3.63) is 23.8 Å². The third kappa shape index (κ3) is 4.72. The second-order valence-electron chi connectivity index (χ2n) is 6.25. The monoisotopic (exact) mass is 290 g/mol. The zero-order valence-corrected chi connectivity index (χ0v) is 13.2. The van der Waals surface area contributed by atoms with Crippen LogP contribution in [0.1, 0.15) is 12.0 Å². The minimum Gasteiger partial charge on any atom is -0.397 e. The van der Waals surface area contributed by atoms with E-state index in [1.165, 1.54) is 6.42 Å². The van der Waals surface area contributed by atoms with Crippen molar-refractivity contribution >= 4 is 17.3 Å². The van der Waals surface area contributed by atoms with Crippen molar-refractivity contribution in [3.63, 3.8) is 0 Å². The number of rotatable bonds is 5. The second kappa shape index (κ2) is 6.91. The van der Waals surface area contributed by atoms with Crippen LogP contribution < -0.4 is 11.1 Å². The summed E-state index contributed by atoms with van der Waals surface area (Å²) >= 11 is 0. The number of likely N-dealkylation sites (tertiary alicyclic amines) is 1. The molecule has 0 aliphatic carbocycles. The van der Waals surface area contributed by atoms with Gasteiger partial charge in [-0.3, -0.25) is 9.69 Å². The standard InChI is InChI=1S/C16H26N4O/c1-12-4-5-15(14(17)8-12)18-16(21)11-20(3)10-13-6-7-19(2)9-13/h4-5,8,13H,6-7,9-11,17H2,1-3H3,(H,18,21). The first-order valence-corrected chi connectivity index (χ1v) is 7.47. The van der Waals surface area contributed by atoms with E-state index in [1.54, 1.807) is 0 Å². The predicted molar refractivity (Wildman–Crippen MR) is 87.3 cm³/mol. The third-order valence-electron chi connectivity index (χ3n) is 3.95. The first-order valence-electron chi connectivity index (χ1n) is 7.47. The van der Waals surface area contributed by atoms with Gasteiger partial charge >= 0.3 is 0 Å². The van der Waals surface area contributed by atoms with Crippen LogP contribution in [0, 0.1) is 12.8 Å². The summed E-state index contributed by atoms with van der Waals surface area (Å²) in [7, 11) is 4.14. The Kier molecular flexibility index (Phi) is 5.20. The Morgan fingerprint density at radius 3 is 2.90 bits per heavy atom. The van der Waals surface area contributed by atoms with E-state index < -0.39 is 0 Å². The zero-order valence-electron chi connectivity index (χ0n) is 13.2. The molecular formula is C16H26N4O. The Bertz CT molecular complexity index is 503. The van der Waals surface area contributed by atoms with Crippen LogP contribution in [0.3, 0.4) is 0 Å². The molecule has 116 valence electrons. The number of nitrogens with two attached hydrogens (primary N) is 1. The summed E-state index contributed by atoms with van der Waals surface area (Å²) in [5.41, 5.74) is 8.31. The lowest BCUT2D eigenvalue weighted by Crippen LogP contribution is -2.34. The van der Waals surface area contributed by atoms with Crippen LogP contribution in [0.15, 0.2) is 18.2 Å². The van der Waals surface area contributed by atoms with E-state index in [2.05, 4.69) is 22.2 Å². The largest absolute Gasteiger partial charge is 0.397 e. The molecule has 0 spiro atoms. The van der Waals surface area contributed by atoms with Crippen molar-refractivity contribution in [2.45, 2.75) is 13.3 Å². The number of hydrogen-bond acceptors (Lipinski definition) is 4. The first kappa shape index (κ1) is 15.8. The first-order chi connectivity index (χ1) is 9.94. The Hall–Kier alpha value is -1.59. The van der Waals surface area contributed by atoms with Gasteiger partial charge in [0.2, 0.25) is 5.91 Å². The number of amides is 1. The van der Waals surface area contributed by atoms with Gasteiger partial charge in [-0.1, -0.05) is 6.07 Å². The maximum Gasteiger partial charge on any atom is 0.238 e. The number of carbonyl (C=O) groups excluding carboxylic acids is 1. The molecule has 3 N–H and O–H groups in total. The number of nitrogens with zero attached hydrogens (tertiary/aromatic N) is 2. The van der Waals surface area contributed by atoms with E-state index >= 15 is 0 Å². The molecule has 1 aliphatic rings. The summed E-state index contributed by atoms with van der Waals surface area (Å²) < 4.78 is 0. The molecule has 1 aliphatic heterocycles. The van der Waals surface area contributed by atoms with Crippen molar-refractivity contribution in [2.75, 3.05) is 51.3 Å². The molecule has 0 aromatic heterocycles. The van der Waals surface area contributed by atoms with Gasteiger partial charge in [0, 0.05) is 13.1 Å². The molecule has 5 nitrogen and oxygen atoms in total. The predicted octanol–water partition coefficient (Wildman–Crippen LogP) is 1.40. The van der Waals surface area contributed by atoms with E-state index in [0.29, 0.717) is 23.8 Å². The van der Waals surface area contributed by atoms with Gasteiger partial charge in [-0.15, -0.1) is 0 Å². The molecule has 2 rings (SSSR count). The number of nitrogen functional groups attached to an aromatic ring is 1. The third-order valence-corrected chi connectivity index (χ3v) is 3.95. The maximum atomic E-state index is 12.1. The molecule has 21 heavy (non-hydrogen) atoms. The van der Waals surface area contributed by atoms with Crippen LogP contribution in [0.2, 0.25) is 0 Å². The highest BCUT2D eigenvalue weighted by atomic mass is 16.2. The average molecular weight is 290 g/mol.